The molecule has 1 unspecified atom stereocenters. The summed E-state index contributed by atoms with van der Waals surface area (Å²) in [4.78, 5) is 37.0. The van der Waals surface area contributed by atoms with Gasteiger partial charge in [-0.05, 0) is 19.3 Å². The van der Waals surface area contributed by atoms with E-state index in [2.05, 4.69) is 20.8 Å². The smallest absolute Gasteiger partial charge is 0.306 e. The fourth-order valence-corrected chi connectivity index (χ4v) is 5.26. The molecule has 0 bridgehead atoms. The van der Waals surface area contributed by atoms with E-state index in [1.165, 1.54) is 96.3 Å². The molecule has 0 fully saturated rings. The van der Waals surface area contributed by atoms with Crippen molar-refractivity contribution in [1.82, 2.24) is 0 Å². The first-order chi connectivity index (χ1) is 21.0. The van der Waals surface area contributed by atoms with Gasteiger partial charge in [0.2, 0.25) is 0 Å². The third-order valence-electron chi connectivity index (χ3n) is 8.11. The van der Waals surface area contributed by atoms with Gasteiger partial charge >= 0.3 is 17.9 Å². The summed E-state index contributed by atoms with van der Waals surface area (Å²) >= 11 is 0. The highest BCUT2D eigenvalue weighted by molar-refractivity contribution is 5.71. The largest absolute Gasteiger partial charge is 0.462 e. The normalized spacial score (nSPS) is 11.8. The lowest BCUT2D eigenvalue weighted by atomic mass is 10.0. The minimum atomic E-state index is -0.753. The second kappa shape index (κ2) is 33.3. The first kappa shape index (κ1) is 41.4. The van der Waals surface area contributed by atoms with E-state index in [9.17, 15) is 14.4 Å². The van der Waals surface area contributed by atoms with E-state index in [1.807, 2.05) is 0 Å². The van der Waals surface area contributed by atoms with Gasteiger partial charge in [0, 0.05) is 19.3 Å². The third-order valence-corrected chi connectivity index (χ3v) is 8.11. The molecule has 0 aliphatic rings. The fraction of sp³-hybridized carbons (Fsp3) is 0.919. The molecule has 0 aromatic carbocycles. The summed E-state index contributed by atoms with van der Waals surface area (Å²) in [6.07, 6.45) is 29.7. The van der Waals surface area contributed by atoms with E-state index < -0.39 is 6.10 Å². The van der Waals surface area contributed by atoms with E-state index in [4.69, 9.17) is 14.2 Å². The number of carbonyl (C=O) groups is 3. The topological polar surface area (TPSA) is 78.9 Å². The summed E-state index contributed by atoms with van der Waals surface area (Å²) in [6, 6.07) is 0. The Morgan fingerprint density at radius 3 is 0.930 bits per heavy atom. The van der Waals surface area contributed by atoms with Crippen molar-refractivity contribution < 1.29 is 28.6 Å². The van der Waals surface area contributed by atoms with E-state index in [1.54, 1.807) is 0 Å². The van der Waals surface area contributed by atoms with Gasteiger partial charge in [-0.3, -0.25) is 14.4 Å². The Labute approximate surface area is 266 Å². The quantitative estimate of drug-likeness (QED) is 0.0418. The Kier molecular flexibility index (Phi) is 32.1. The van der Waals surface area contributed by atoms with Gasteiger partial charge in [0.15, 0.2) is 6.10 Å². The van der Waals surface area contributed by atoms with Gasteiger partial charge in [0.25, 0.3) is 0 Å². The maximum atomic E-state index is 12.5. The molecule has 43 heavy (non-hydrogen) atoms. The standard InChI is InChI=1S/C37H70O6/c1-4-7-10-13-15-17-18-19-20-22-24-27-30-36(39)42-33-34(32-41-35(38)29-26-23-12-9-6-3)43-37(40)31-28-25-21-16-14-11-8-5-2/h34H,4-33H2,1-3H3. The van der Waals surface area contributed by atoms with Crippen molar-refractivity contribution in [3.63, 3.8) is 0 Å². The Morgan fingerprint density at radius 1 is 0.372 bits per heavy atom. The van der Waals surface area contributed by atoms with Crippen LogP contribution in [-0.4, -0.2) is 37.2 Å². The van der Waals surface area contributed by atoms with Gasteiger partial charge < -0.3 is 14.2 Å². The molecule has 0 aliphatic carbocycles. The average Bonchev–Trinajstić information content (AvgIpc) is 3.00. The Hall–Kier alpha value is -1.59. The van der Waals surface area contributed by atoms with Crippen LogP contribution in [0.4, 0.5) is 0 Å². The summed E-state index contributed by atoms with van der Waals surface area (Å²) in [7, 11) is 0. The highest BCUT2D eigenvalue weighted by Crippen LogP contribution is 2.14. The van der Waals surface area contributed by atoms with E-state index in [0.717, 1.165) is 64.2 Å². The van der Waals surface area contributed by atoms with Crippen molar-refractivity contribution in [3.8, 4) is 0 Å². The van der Waals surface area contributed by atoms with Crippen LogP contribution in [0.1, 0.15) is 201 Å². The zero-order valence-electron chi connectivity index (χ0n) is 28.7. The minimum absolute atomic E-state index is 0.0654. The first-order valence-corrected chi connectivity index (χ1v) is 18.5. The Bertz CT molecular complexity index is 635. The van der Waals surface area contributed by atoms with Crippen molar-refractivity contribution in [2.75, 3.05) is 13.2 Å². The fourth-order valence-electron chi connectivity index (χ4n) is 5.26. The molecule has 0 amide bonds. The van der Waals surface area contributed by atoms with Crippen molar-refractivity contribution >= 4 is 17.9 Å². The molecule has 0 aliphatic heterocycles. The lowest BCUT2D eigenvalue weighted by Gasteiger charge is -2.18. The predicted molar refractivity (Wildman–Crippen MR) is 178 cm³/mol. The summed E-state index contributed by atoms with van der Waals surface area (Å²) in [5.41, 5.74) is 0. The second-order valence-corrected chi connectivity index (χ2v) is 12.5. The lowest BCUT2D eigenvalue weighted by molar-refractivity contribution is -0.167. The molecule has 0 heterocycles. The Balaban J connectivity index is 4.25. The molecule has 0 saturated heterocycles. The van der Waals surface area contributed by atoms with Gasteiger partial charge in [-0.25, -0.2) is 0 Å². The molecule has 0 aromatic heterocycles. The van der Waals surface area contributed by atoms with Crippen molar-refractivity contribution in [1.29, 1.82) is 0 Å². The van der Waals surface area contributed by atoms with Crippen LogP contribution in [0.2, 0.25) is 0 Å². The lowest BCUT2D eigenvalue weighted by Crippen LogP contribution is -2.30. The van der Waals surface area contributed by atoms with Crippen LogP contribution >= 0.6 is 0 Å². The van der Waals surface area contributed by atoms with Crippen molar-refractivity contribution in [3.05, 3.63) is 0 Å². The Morgan fingerprint density at radius 2 is 0.628 bits per heavy atom. The van der Waals surface area contributed by atoms with E-state index >= 15 is 0 Å². The number of hydrogen-bond donors (Lipinski definition) is 0. The zero-order chi connectivity index (χ0) is 31.6. The molecule has 0 aromatic rings. The minimum Gasteiger partial charge on any atom is -0.462 e. The van der Waals surface area contributed by atoms with Crippen LogP contribution in [-0.2, 0) is 28.6 Å². The summed E-state index contributed by atoms with van der Waals surface area (Å²) in [5, 5.41) is 0. The molecule has 6 heteroatoms. The summed E-state index contributed by atoms with van der Waals surface area (Å²) in [5.74, 6) is -0.884. The summed E-state index contributed by atoms with van der Waals surface area (Å²) in [6.45, 7) is 6.50. The van der Waals surface area contributed by atoms with Gasteiger partial charge in [-0.2, -0.15) is 0 Å². The molecule has 0 rings (SSSR count). The van der Waals surface area contributed by atoms with Crippen LogP contribution in [0.3, 0.4) is 0 Å². The van der Waals surface area contributed by atoms with E-state index in [-0.39, 0.29) is 31.1 Å². The van der Waals surface area contributed by atoms with Gasteiger partial charge in [0.1, 0.15) is 13.2 Å². The molecule has 0 radical (unpaired) electrons. The van der Waals surface area contributed by atoms with Gasteiger partial charge in [-0.1, -0.05) is 162 Å². The van der Waals surface area contributed by atoms with Crippen LogP contribution in [0.15, 0.2) is 0 Å². The third kappa shape index (κ3) is 31.6. The number of ether oxygens (including phenoxy) is 3. The average molecular weight is 611 g/mol. The molecule has 0 saturated carbocycles. The molecular weight excluding hydrogens is 540 g/mol. The second-order valence-electron chi connectivity index (χ2n) is 12.5. The molecule has 0 N–H and O–H groups in total. The number of esters is 3. The van der Waals surface area contributed by atoms with Crippen molar-refractivity contribution in [2.45, 2.75) is 207 Å². The molecule has 254 valence electrons. The van der Waals surface area contributed by atoms with Gasteiger partial charge in [0.05, 0.1) is 0 Å². The monoisotopic (exact) mass is 611 g/mol. The number of rotatable bonds is 33. The predicted octanol–water partition coefficient (Wildman–Crippen LogP) is 11.0. The molecule has 6 nitrogen and oxygen atoms in total. The van der Waals surface area contributed by atoms with Crippen LogP contribution in [0.5, 0.6) is 0 Å². The van der Waals surface area contributed by atoms with E-state index in [0.29, 0.717) is 19.3 Å². The SMILES string of the molecule is CCCCCCCCCCCCCCC(=O)OCC(COC(=O)CCCCCCC)OC(=O)CCCCCCCCCC. The number of carbonyl (C=O) groups excluding carboxylic acids is 3. The van der Waals surface area contributed by atoms with Crippen LogP contribution in [0.25, 0.3) is 0 Å². The maximum Gasteiger partial charge on any atom is 0.306 e. The van der Waals surface area contributed by atoms with Gasteiger partial charge in [-0.15, -0.1) is 0 Å². The highest BCUT2D eigenvalue weighted by atomic mass is 16.6. The highest BCUT2D eigenvalue weighted by Gasteiger charge is 2.19. The number of unbranched alkanes of at least 4 members (excludes halogenated alkanes) is 22. The molecule has 0 spiro atoms. The zero-order valence-corrected chi connectivity index (χ0v) is 28.7. The first-order valence-electron chi connectivity index (χ1n) is 18.5. The maximum absolute atomic E-state index is 12.5. The van der Waals surface area contributed by atoms with Crippen LogP contribution in [0, 0.1) is 0 Å². The molecular formula is C37H70O6. The van der Waals surface area contributed by atoms with Crippen molar-refractivity contribution in [2.24, 2.45) is 0 Å². The summed E-state index contributed by atoms with van der Waals surface area (Å²) < 4.78 is 16.4. The number of hydrogen-bond acceptors (Lipinski definition) is 6. The van der Waals surface area contributed by atoms with Crippen LogP contribution < -0.4 is 0 Å². The molecule has 1 atom stereocenters.